The number of hydrogen-bond acceptors (Lipinski definition) is 1. The highest BCUT2D eigenvalue weighted by Crippen LogP contribution is 2.14. The predicted octanol–water partition coefficient (Wildman–Crippen LogP) is 12.1. The molecule has 2 N–H and O–H groups in total. The molecule has 1 aromatic carbocycles. The Labute approximate surface area is 251 Å². The van der Waals surface area contributed by atoms with Gasteiger partial charge in [-0.2, -0.15) is 0 Å². The number of benzene rings is 1. The molecule has 3 nitrogen and oxygen atoms in total. The van der Waals surface area contributed by atoms with Gasteiger partial charge in [-0.3, -0.25) is 0 Å². The molecule has 0 aliphatic carbocycles. The highest BCUT2D eigenvalue weighted by atomic mass is 16.2. The van der Waals surface area contributed by atoms with E-state index in [4.69, 9.17) is 5.73 Å². The van der Waals surface area contributed by atoms with Crippen LogP contribution < -0.4 is 5.73 Å². The molecule has 0 heterocycles. The zero-order valence-electron chi connectivity index (χ0n) is 27.6. The van der Waals surface area contributed by atoms with Gasteiger partial charge in [-0.05, 0) is 37.8 Å². The summed E-state index contributed by atoms with van der Waals surface area (Å²) in [5, 5.41) is 0. The third-order valence-electron chi connectivity index (χ3n) is 8.30. The van der Waals surface area contributed by atoms with Gasteiger partial charge in [-0.1, -0.05) is 179 Å². The normalized spacial score (nSPS) is 10.8. The number of nitrogens with zero attached hydrogens (tertiary/aromatic N) is 1. The largest absolute Gasteiger partial charge is 0.351 e. The number of nitrogens with two attached hydrogens (primary N) is 1. The third-order valence-corrected chi connectivity index (χ3v) is 8.30. The maximum absolute atomic E-state index is 11.7. The van der Waals surface area contributed by atoms with Gasteiger partial charge in [0.15, 0.2) is 0 Å². The van der Waals surface area contributed by atoms with Gasteiger partial charge in [-0.25, -0.2) is 4.79 Å². The quantitative estimate of drug-likeness (QED) is 0.113. The van der Waals surface area contributed by atoms with E-state index >= 15 is 0 Å². The molecule has 2 amide bonds. The fourth-order valence-corrected chi connectivity index (χ4v) is 5.28. The van der Waals surface area contributed by atoms with Crippen LogP contribution >= 0.6 is 0 Å². The molecule has 0 saturated carbocycles. The highest BCUT2D eigenvalue weighted by molar-refractivity contribution is 5.71. The van der Waals surface area contributed by atoms with Crippen LogP contribution in [-0.4, -0.2) is 24.0 Å². The first-order valence-corrected chi connectivity index (χ1v) is 17.6. The molecule has 234 valence electrons. The van der Waals surface area contributed by atoms with Crippen molar-refractivity contribution >= 4 is 6.03 Å². The number of amides is 2. The monoisotopic (exact) mass is 559 g/mol. The molecule has 1 aromatic rings. The van der Waals surface area contributed by atoms with E-state index in [2.05, 4.69) is 52.0 Å². The first-order chi connectivity index (χ1) is 19.5. The zero-order chi connectivity index (χ0) is 29.5. The number of hydrogen-bond donors (Lipinski definition) is 1. The van der Waals surface area contributed by atoms with Crippen molar-refractivity contribution in [3.05, 3.63) is 35.4 Å². The van der Waals surface area contributed by atoms with E-state index in [1.54, 1.807) is 0 Å². The van der Waals surface area contributed by atoms with E-state index < -0.39 is 0 Å². The van der Waals surface area contributed by atoms with Gasteiger partial charge < -0.3 is 10.6 Å². The summed E-state index contributed by atoms with van der Waals surface area (Å²) in [7, 11) is 0. The van der Waals surface area contributed by atoms with Crippen LogP contribution in [0.25, 0.3) is 0 Å². The highest BCUT2D eigenvalue weighted by Gasteiger charge is 2.08. The van der Waals surface area contributed by atoms with E-state index in [0.717, 1.165) is 25.9 Å². The second kappa shape index (κ2) is 30.4. The van der Waals surface area contributed by atoms with Crippen molar-refractivity contribution in [2.75, 3.05) is 13.1 Å². The first kappa shape index (κ1) is 38.5. The number of rotatable bonds is 26. The number of urea groups is 1. The lowest BCUT2D eigenvalue weighted by molar-refractivity contribution is 0.204. The number of unbranched alkanes of at least 4 members (excludes halogenated alkanes) is 22. The Bertz CT molecular complexity index is 610. The van der Waals surface area contributed by atoms with Gasteiger partial charge >= 0.3 is 6.03 Å². The Balaban J connectivity index is 0.00000161. The number of carbonyl (C=O) groups excluding carboxylic acids is 1. The maximum atomic E-state index is 11.7. The average Bonchev–Trinajstić information content (AvgIpc) is 2.94. The molecule has 40 heavy (non-hydrogen) atoms. The van der Waals surface area contributed by atoms with Crippen LogP contribution in [0.1, 0.15) is 179 Å². The van der Waals surface area contributed by atoms with Gasteiger partial charge in [0.25, 0.3) is 0 Å². The van der Waals surface area contributed by atoms with Crippen molar-refractivity contribution in [3.63, 3.8) is 0 Å². The summed E-state index contributed by atoms with van der Waals surface area (Å²) in [5.41, 5.74) is 8.34. The van der Waals surface area contributed by atoms with Gasteiger partial charge in [0.05, 0.1) is 0 Å². The van der Waals surface area contributed by atoms with Crippen molar-refractivity contribution in [1.82, 2.24) is 4.90 Å². The average molecular weight is 559 g/mol. The molecule has 0 atom stereocenters. The van der Waals surface area contributed by atoms with Crippen LogP contribution in [0, 0.1) is 13.8 Å². The van der Waals surface area contributed by atoms with Crippen LogP contribution in [0.5, 0.6) is 0 Å². The molecule has 0 radical (unpaired) electrons. The van der Waals surface area contributed by atoms with Gasteiger partial charge in [0.1, 0.15) is 0 Å². The fraction of sp³-hybridized carbons (Fsp3) is 0.811. The summed E-state index contributed by atoms with van der Waals surface area (Å²) in [6.45, 7) is 10.5. The summed E-state index contributed by atoms with van der Waals surface area (Å²) in [4.78, 5) is 13.6. The molecule has 0 aliphatic heterocycles. The van der Waals surface area contributed by atoms with Crippen LogP contribution in [0.15, 0.2) is 24.3 Å². The molecule has 0 aromatic heterocycles. The summed E-state index contributed by atoms with van der Waals surface area (Å²) in [5.74, 6) is 0. The summed E-state index contributed by atoms with van der Waals surface area (Å²) < 4.78 is 0. The standard InChI is InChI=1S/C29H60N2O.C8H10/c1-3-5-7-9-11-13-15-17-19-21-23-25-27-31(29(30)32)28-26-24-22-20-18-16-14-12-10-8-6-4-2;1-7-5-3-4-6-8(7)2/h3-28H2,1-2H3,(H2,30,32);3-6H,1-2H3. The van der Waals surface area contributed by atoms with E-state index in [1.165, 1.54) is 152 Å². The predicted molar refractivity (Wildman–Crippen MR) is 179 cm³/mol. The van der Waals surface area contributed by atoms with E-state index in [9.17, 15) is 4.79 Å². The topological polar surface area (TPSA) is 46.3 Å². The molecule has 3 heteroatoms. The number of carbonyl (C=O) groups is 1. The molecular weight excluding hydrogens is 488 g/mol. The fourth-order valence-electron chi connectivity index (χ4n) is 5.28. The molecule has 0 spiro atoms. The van der Waals surface area contributed by atoms with Crippen molar-refractivity contribution in [1.29, 1.82) is 0 Å². The molecule has 0 saturated heterocycles. The van der Waals surface area contributed by atoms with Gasteiger partial charge in [-0.15, -0.1) is 0 Å². The van der Waals surface area contributed by atoms with Crippen LogP contribution in [0.4, 0.5) is 4.79 Å². The van der Waals surface area contributed by atoms with Gasteiger partial charge in [0.2, 0.25) is 0 Å². The van der Waals surface area contributed by atoms with E-state index in [-0.39, 0.29) is 6.03 Å². The lowest BCUT2D eigenvalue weighted by Gasteiger charge is -2.20. The minimum atomic E-state index is -0.226. The Kier molecular flexibility index (Phi) is 29.3. The number of aryl methyl sites for hydroxylation is 2. The minimum Gasteiger partial charge on any atom is -0.351 e. The maximum Gasteiger partial charge on any atom is 0.314 e. The Morgan fingerprint density at radius 2 is 0.750 bits per heavy atom. The number of primary amides is 1. The third kappa shape index (κ3) is 26.7. The second-order valence-electron chi connectivity index (χ2n) is 12.2. The lowest BCUT2D eigenvalue weighted by Crippen LogP contribution is -2.37. The van der Waals surface area contributed by atoms with Crippen LogP contribution in [-0.2, 0) is 0 Å². The Hall–Kier alpha value is -1.51. The van der Waals surface area contributed by atoms with Crippen LogP contribution in [0.3, 0.4) is 0 Å². The van der Waals surface area contributed by atoms with E-state index in [0.29, 0.717) is 0 Å². The van der Waals surface area contributed by atoms with Crippen molar-refractivity contribution in [3.8, 4) is 0 Å². The first-order valence-electron chi connectivity index (χ1n) is 17.6. The molecule has 0 unspecified atom stereocenters. The molecule has 0 aliphatic rings. The molecule has 0 bridgehead atoms. The van der Waals surface area contributed by atoms with Crippen molar-refractivity contribution in [2.24, 2.45) is 5.73 Å². The Morgan fingerprint density at radius 3 is 0.975 bits per heavy atom. The smallest absolute Gasteiger partial charge is 0.314 e. The second-order valence-corrected chi connectivity index (χ2v) is 12.2. The summed E-state index contributed by atoms with van der Waals surface area (Å²) in [6, 6.07) is 8.13. The minimum absolute atomic E-state index is 0.226. The van der Waals surface area contributed by atoms with Gasteiger partial charge in [0, 0.05) is 13.1 Å². The molecular formula is C37H70N2O. The van der Waals surface area contributed by atoms with E-state index in [1.807, 2.05) is 4.90 Å². The zero-order valence-corrected chi connectivity index (χ0v) is 27.6. The van der Waals surface area contributed by atoms with Crippen molar-refractivity contribution < 1.29 is 4.79 Å². The van der Waals surface area contributed by atoms with Crippen LogP contribution in [0.2, 0.25) is 0 Å². The summed E-state index contributed by atoms with van der Waals surface area (Å²) >= 11 is 0. The summed E-state index contributed by atoms with van der Waals surface area (Å²) in [6.07, 6.45) is 32.4. The van der Waals surface area contributed by atoms with Crippen molar-refractivity contribution in [2.45, 2.75) is 182 Å². The molecule has 0 fully saturated rings. The molecule has 1 rings (SSSR count). The Morgan fingerprint density at radius 1 is 0.500 bits per heavy atom. The SMILES string of the molecule is CCCCCCCCCCCCCCN(CCCCCCCCCCCCCC)C(N)=O.Cc1ccccc1C. The lowest BCUT2D eigenvalue weighted by atomic mass is 10.0.